The van der Waals surface area contributed by atoms with Crippen LogP contribution in [0.3, 0.4) is 0 Å². The molecule has 106 valence electrons. The summed E-state index contributed by atoms with van der Waals surface area (Å²) in [6, 6.07) is 5.49. The Labute approximate surface area is 130 Å². The van der Waals surface area contributed by atoms with Crippen molar-refractivity contribution in [3.05, 3.63) is 56.2 Å². The first-order valence-electron chi connectivity index (χ1n) is 6.83. The number of pyridine rings is 1. The Bertz CT molecular complexity index is 900. The van der Waals surface area contributed by atoms with Gasteiger partial charge in [0.2, 0.25) is 0 Å². The molecule has 21 heavy (non-hydrogen) atoms. The second kappa shape index (κ2) is 4.93. The summed E-state index contributed by atoms with van der Waals surface area (Å²) in [6.07, 6.45) is 3.09. The van der Waals surface area contributed by atoms with Crippen molar-refractivity contribution < 1.29 is 0 Å². The molecule has 3 aromatic rings. The number of halogens is 1. The molecule has 0 bridgehead atoms. The van der Waals surface area contributed by atoms with E-state index in [1.165, 1.54) is 16.9 Å². The lowest BCUT2D eigenvalue weighted by atomic mass is 10.2. The molecule has 1 aliphatic rings. The fourth-order valence-electron chi connectivity index (χ4n) is 2.88. The Balaban J connectivity index is 1.82. The van der Waals surface area contributed by atoms with E-state index >= 15 is 0 Å². The zero-order valence-corrected chi connectivity index (χ0v) is 12.7. The molecule has 0 aromatic carbocycles. The van der Waals surface area contributed by atoms with Crippen LogP contribution in [-0.4, -0.2) is 14.5 Å². The van der Waals surface area contributed by atoms with Gasteiger partial charge in [-0.3, -0.25) is 4.79 Å². The largest absolute Gasteiger partial charge is 0.305 e. The normalized spacial score (nSPS) is 13.8. The van der Waals surface area contributed by atoms with Crippen LogP contribution < -0.4 is 5.56 Å². The molecule has 1 aliphatic carbocycles. The average Bonchev–Trinajstić information content (AvgIpc) is 3.10. The number of hydrogen-bond acceptors (Lipinski definition) is 4. The van der Waals surface area contributed by atoms with E-state index in [0.29, 0.717) is 17.5 Å². The van der Waals surface area contributed by atoms with E-state index in [1.807, 2.05) is 17.5 Å². The summed E-state index contributed by atoms with van der Waals surface area (Å²) in [4.78, 5) is 21.9. The number of nitrogens with zero attached hydrogens (tertiary/aromatic N) is 3. The molecular formula is C15H12ClN3OS. The van der Waals surface area contributed by atoms with Gasteiger partial charge in [-0.15, -0.1) is 11.3 Å². The van der Waals surface area contributed by atoms with E-state index in [1.54, 1.807) is 10.6 Å². The highest BCUT2D eigenvalue weighted by molar-refractivity contribution is 7.16. The number of aromatic nitrogens is 3. The van der Waals surface area contributed by atoms with Gasteiger partial charge >= 0.3 is 0 Å². The van der Waals surface area contributed by atoms with Gasteiger partial charge < -0.3 is 4.57 Å². The lowest BCUT2D eigenvalue weighted by Crippen LogP contribution is -2.24. The Hall–Kier alpha value is -1.72. The third-order valence-electron chi connectivity index (χ3n) is 3.87. The fraction of sp³-hybridized carbons (Fsp3) is 0.267. The van der Waals surface area contributed by atoms with Crippen molar-refractivity contribution in [3.8, 4) is 0 Å². The molecule has 4 nitrogen and oxygen atoms in total. The molecule has 0 aliphatic heterocycles. The van der Waals surface area contributed by atoms with E-state index < -0.39 is 0 Å². The fourth-order valence-corrected chi connectivity index (χ4v) is 3.97. The van der Waals surface area contributed by atoms with Gasteiger partial charge in [0.05, 0.1) is 6.54 Å². The summed E-state index contributed by atoms with van der Waals surface area (Å²) in [6.45, 7) is 0.384. The van der Waals surface area contributed by atoms with Gasteiger partial charge in [0.1, 0.15) is 9.98 Å². The number of fused-ring (bicyclic) bond motifs is 2. The SMILES string of the molecule is O=c1ccc2c(n1Cc1nc(Cl)c3ccsc3n1)CCC2. The van der Waals surface area contributed by atoms with Crippen molar-refractivity contribution in [1.29, 1.82) is 0 Å². The highest BCUT2D eigenvalue weighted by Gasteiger charge is 2.17. The Kier molecular flexibility index (Phi) is 3.05. The minimum atomic E-state index is 0.00153. The second-order valence-corrected chi connectivity index (χ2v) is 6.41. The van der Waals surface area contributed by atoms with Gasteiger partial charge in [0.25, 0.3) is 5.56 Å². The van der Waals surface area contributed by atoms with Crippen molar-refractivity contribution in [3.63, 3.8) is 0 Å². The molecule has 0 spiro atoms. The predicted octanol–water partition coefficient (Wildman–Crippen LogP) is 3.04. The van der Waals surface area contributed by atoms with Crippen LogP contribution in [0.5, 0.6) is 0 Å². The van der Waals surface area contributed by atoms with Gasteiger partial charge in [0.15, 0.2) is 5.82 Å². The zero-order chi connectivity index (χ0) is 14.4. The van der Waals surface area contributed by atoms with E-state index in [-0.39, 0.29) is 5.56 Å². The van der Waals surface area contributed by atoms with Crippen molar-refractivity contribution in [2.75, 3.05) is 0 Å². The lowest BCUT2D eigenvalue weighted by Gasteiger charge is -2.11. The van der Waals surface area contributed by atoms with Crippen molar-refractivity contribution in [1.82, 2.24) is 14.5 Å². The Morgan fingerprint density at radius 1 is 1.24 bits per heavy atom. The van der Waals surface area contributed by atoms with Crippen LogP contribution in [0.2, 0.25) is 5.15 Å². The maximum absolute atomic E-state index is 12.2. The van der Waals surface area contributed by atoms with Crippen molar-refractivity contribution in [2.45, 2.75) is 25.8 Å². The van der Waals surface area contributed by atoms with Gasteiger partial charge in [-0.25, -0.2) is 9.97 Å². The van der Waals surface area contributed by atoms with E-state index in [4.69, 9.17) is 11.6 Å². The maximum atomic E-state index is 12.2. The van der Waals surface area contributed by atoms with Crippen LogP contribution in [0.25, 0.3) is 10.2 Å². The summed E-state index contributed by atoms with van der Waals surface area (Å²) in [7, 11) is 0. The molecule has 4 rings (SSSR count). The number of rotatable bonds is 2. The first-order valence-corrected chi connectivity index (χ1v) is 8.09. The van der Waals surface area contributed by atoms with Crippen molar-refractivity contribution in [2.24, 2.45) is 0 Å². The Morgan fingerprint density at radius 3 is 3.05 bits per heavy atom. The zero-order valence-electron chi connectivity index (χ0n) is 11.2. The lowest BCUT2D eigenvalue weighted by molar-refractivity contribution is 0.679. The van der Waals surface area contributed by atoms with E-state index in [0.717, 1.165) is 35.2 Å². The van der Waals surface area contributed by atoms with Crippen LogP contribution in [0.4, 0.5) is 0 Å². The molecule has 0 unspecified atom stereocenters. The minimum Gasteiger partial charge on any atom is -0.305 e. The van der Waals surface area contributed by atoms with Gasteiger partial charge in [-0.1, -0.05) is 17.7 Å². The second-order valence-electron chi connectivity index (χ2n) is 5.15. The van der Waals surface area contributed by atoms with Crippen LogP contribution >= 0.6 is 22.9 Å². The predicted molar refractivity (Wildman–Crippen MR) is 84.3 cm³/mol. The standard InChI is InChI=1S/C15H12ClN3OS/c16-14-10-6-7-21-15(10)18-12(17-14)8-19-11-3-1-2-9(11)4-5-13(19)20/h4-7H,1-3,8H2. The molecule has 3 aromatic heterocycles. The summed E-state index contributed by atoms with van der Waals surface area (Å²) < 4.78 is 1.79. The summed E-state index contributed by atoms with van der Waals surface area (Å²) in [5, 5.41) is 3.27. The first-order chi connectivity index (χ1) is 10.2. The molecule has 3 heterocycles. The van der Waals surface area contributed by atoms with Gasteiger partial charge in [-0.05, 0) is 36.3 Å². The molecule has 6 heteroatoms. The third kappa shape index (κ3) is 2.17. The smallest absolute Gasteiger partial charge is 0.251 e. The topological polar surface area (TPSA) is 47.8 Å². The van der Waals surface area contributed by atoms with E-state index in [2.05, 4.69) is 9.97 Å². The molecule has 0 radical (unpaired) electrons. The van der Waals surface area contributed by atoms with Crippen LogP contribution in [0, 0.1) is 0 Å². The molecule has 0 fully saturated rings. The van der Waals surface area contributed by atoms with Gasteiger partial charge in [0, 0.05) is 17.1 Å². The quantitative estimate of drug-likeness (QED) is 0.683. The molecule has 0 saturated carbocycles. The highest BCUT2D eigenvalue weighted by Crippen LogP contribution is 2.25. The molecular weight excluding hydrogens is 306 g/mol. The van der Waals surface area contributed by atoms with Crippen LogP contribution in [-0.2, 0) is 19.4 Å². The molecule has 0 N–H and O–H groups in total. The van der Waals surface area contributed by atoms with Crippen LogP contribution in [0.1, 0.15) is 23.5 Å². The Morgan fingerprint density at radius 2 is 2.14 bits per heavy atom. The maximum Gasteiger partial charge on any atom is 0.251 e. The monoisotopic (exact) mass is 317 g/mol. The third-order valence-corrected chi connectivity index (χ3v) is 4.97. The average molecular weight is 318 g/mol. The summed E-state index contributed by atoms with van der Waals surface area (Å²) in [5.74, 6) is 0.595. The first kappa shape index (κ1) is 13.0. The van der Waals surface area contributed by atoms with E-state index in [9.17, 15) is 4.79 Å². The molecule has 0 amide bonds. The molecule has 0 atom stereocenters. The van der Waals surface area contributed by atoms with Gasteiger partial charge in [-0.2, -0.15) is 0 Å². The summed E-state index contributed by atoms with van der Waals surface area (Å²) >= 11 is 7.73. The van der Waals surface area contributed by atoms with Crippen LogP contribution in [0.15, 0.2) is 28.4 Å². The number of thiophene rings is 1. The molecule has 0 saturated heterocycles. The number of aryl methyl sites for hydroxylation is 1. The summed E-state index contributed by atoms with van der Waals surface area (Å²) in [5.41, 5.74) is 2.38. The van der Waals surface area contributed by atoms with Crippen molar-refractivity contribution >= 4 is 33.2 Å². The minimum absolute atomic E-state index is 0.00153. The number of hydrogen-bond donors (Lipinski definition) is 0. The highest BCUT2D eigenvalue weighted by atomic mass is 35.5.